The van der Waals surface area contributed by atoms with Crippen LogP contribution in [0.1, 0.15) is 64.4 Å². The van der Waals surface area contributed by atoms with Gasteiger partial charge in [0, 0.05) is 41.5 Å². The number of benzene rings is 2. The van der Waals surface area contributed by atoms with Gasteiger partial charge in [-0.1, -0.05) is 36.4 Å². The largest absolute Gasteiger partial charge is 0.370 e. The molecule has 0 radical (unpaired) electrons. The Kier molecular flexibility index (Phi) is 22.7. The molecule has 8 amide bonds. The molecule has 0 aromatic heterocycles. The third-order valence-electron chi connectivity index (χ3n) is 8.70. The number of hydrogen-bond donors (Lipinski definition) is 13. The molecule has 4 atom stereocenters. The number of carbonyl (C=O) groups is 8. The van der Waals surface area contributed by atoms with Gasteiger partial charge < -0.3 is 66.3 Å². The van der Waals surface area contributed by atoms with E-state index in [-0.39, 0.29) is 67.1 Å². The van der Waals surface area contributed by atoms with Crippen LogP contribution in [0.3, 0.4) is 0 Å². The van der Waals surface area contributed by atoms with E-state index in [0.717, 1.165) is 0 Å². The Hall–Kier alpha value is -6.56. The number of nitrogens with zero attached hydrogens (tertiary/aromatic N) is 2. The maximum Gasteiger partial charge on any atom is 0.252 e. The van der Waals surface area contributed by atoms with Crippen LogP contribution in [0.5, 0.6) is 0 Å². The van der Waals surface area contributed by atoms with Crippen molar-refractivity contribution in [2.75, 3.05) is 31.9 Å². The van der Waals surface area contributed by atoms with E-state index < -0.39 is 84.5 Å². The molecule has 0 aliphatic rings. The smallest absolute Gasteiger partial charge is 0.252 e. The van der Waals surface area contributed by atoms with Crippen molar-refractivity contribution < 1.29 is 38.4 Å². The average Bonchev–Trinajstić information content (AvgIpc) is 3.23. The van der Waals surface area contributed by atoms with E-state index in [1.54, 1.807) is 42.5 Å². The highest BCUT2D eigenvalue weighted by Gasteiger charge is 2.26. The van der Waals surface area contributed by atoms with Gasteiger partial charge in [-0.05, 0) is 55.9 Å². The lowest BCUT2D eigenvalue weighted by Gasteiger charge is -2.20. The predicted octanol–water partition coefficient (Wildman–Crippen LogP) is -3.45. The molecular formula is C38H56N14O8S2. The molecule has 0 spiro atoms. The fraction of sp³-hybridized carbons (Fsp3) is 0.421. The van der Waals surface area contributed by atoms with Crippen molar-refractivity contribution in [3.8, 4) is 0 Å². The first-order valence-corrected chi connectivity index (χ1v) is 21.0. The van der Waals surface area contributed by atoms with Crippen LogP contribution >= 0.6 is 24.4 Å². The molecule has 0 bridgehead atoms. The Labute approximate surface area is 368 Å². The standard InChI is InChI=1S/C38H56N14O8S2/c1-21(31(39)55)49-29(53)16-47-35(59)27(13-7-15-46-38(43)44)52-34(58)25-11-5-3-9-23(25)19-62-20-28(32(40)56)50-30(54)17-48-36(60)26(12-6-14-45-37(41)42)51-33(57)24-10-4-2-8-22(24)18-61/h2-5,8-11,21,26-28,61H,6-7,12-20H2,1H3,(H2,39,55)(H2,40,56)(H,47,59)(H,48,60)(H,49,53)(H,50,54)(H,51,57)(H,52,58)(H4,41,42,45)(H4,43,44,46)/t21-,26-,27-,28-/m0/s1. The summed E-state index contributed by atoms with van der Waals surface area (Å²) in [4.78, 5) is 110. The zero-order valence-electron chi connectivity index (χ0n) is 34.2. The van der Waals surface area contributed by atoms with Crippen LogP contribution in [0.25, 0.3) is 0 Å². The number of nitrogens with two attached hydrogens (primary N) is 6. The van der Waals surface area contributed by atoms with E-state index in [1.165, 1.54) is 24.8 Å². The summed E-state index contributed by atoms with van der Waals surface area (Å²) in [5, 5.41) is 15.1. The number of thiol groups is 1. The molecule has 0 saturated heterocycles. The maximum atomic E-state index is 13.6. The van der Waals surface area contributed by atoms with Crippen LogP contribution in [0.2, 0.25) is 0 Å². The molecule has 338 valence electrons. The minimum atomic E-state index is -1.18. The topological polar surface area (TPSA) is 390 Å². The number of rotatable bonds is 27. The van der Waals surface area contributed by atoms with E-state index >= 15 is 0 Å². The van der Waals surface area contributed by atoms with Crippen LogP contribution in [0.15, 0.2) is 58.5 Å². The molecule has 62 heavy (non-hydrogen) atoms. The number of primary amides is 2. The van der Waals surface area contributed by atoms with Crippen molar-refractivity contribution >= 4 is 83.6 Å². The average molecular weight is 901 g/mol. The summed E-state index contributed by atoms with van der Waals surface area (Å²) in [6.07, 6.45) is 0.820. The number of hydrogen-bond acceptors (Lipinski definition) is 12. The highest BCUT2D eigenvalue weighted by atomic mass is 32.2. The van der Waals surface area contributed by atoms with Gasteiger partial charge in [-0.3, -0.25) is 48.3 Å². The summed E-state index contributed by atoms with van der Waals surface area (Å²) in [5.74, 6) is -5.41. The molecule has 18 N–H and O–H groups in total. The molecule has 0 aliphatic heterocycles. The molecule has 0 aliphatic carbocycles. The minimum absolute atomic E-state index is 0.0226. The van der Waals surface area contributed by atoms with E-state index in [2.05, 4.69) is 54.5 Å². The number of guanidine groups is 2. The molecule has 0 heterocycles. The minimum Gasteiger partial charge on any atom is -0.370 e. The first-order valence-electron chi connectivity index (χ1n) is 19.2. The second-order valence-corrected chi connectivity index (χ2v) is 14.9. The Balaban J connectivity index is 2.06. The molecule has 2 rings (SSSR count). The van der Waals surface area contributed by atoms with Gasteiger partial charge in [0.15, 0.2) is 11.9 Å². The van der Waals surface area contributed by atoms with Crippen molar-refractivity contribution in [1.29, 1.82) is 0 Å². The lowest BCUT2D eigenvalue weighted by Crippen LogP contribution is -2.52. The Bertz CT molecular complexity index is 1960. The van der Waals surface area contributed by atoms with Crippen LogP contribution < -0.4 is 66.3 Å². The molecule has 2 aromatic carbocycles. The predicted molar refractivity (Wildman–Crippen MR) is 238 cm³/mol. The molecule has 24 heteroatoms. The van der Waals surface area contributed by atoms with Crippen molar-refractivity contribution in [3.05, 3.63) is 70.8 Å². The normalized spacial score (nSPS) is 12.5. The number of aliphatic imine (C=N–C) groups is 2. The SMILES string of the molecule is C[C@H](NC(=O)CNC(=O)[C@H](CCCN=C(N)N)NC(=O)c1ccccc1CSC[C@H](NC(=O)CNC(=O)[C@H](CCCN=C(N)N)NC(=O)c1ccccc1CS)C(N)=O)C(N)=O. The fourth-order valence-corrected chi connectivity index (χ4v) is 6.78. The van der Waals surface area contributed by atoms with Crippen molar-refractivity contribution in [1.82, 2.24) is 31.9 Å². The van der Waals surface area contributed by atoms with Gasteiger partial charge in [0.2, 0.25) is 35.4 Å². The first-order chi connectivity index (χ1) is 29.4. The Morgan fingerprint density at radius 1 is 0.613 bits per heavy atom. The zero-order chi connectivity index (χ0) is 46.2. The zero-order valence-corrected chi connectivity index (χ0v) is 35.9. The van der Waals surface area contributed by atoms with Gasteiger partial charge in [0.05, 0.1) is 13.1 Å². The maximum absolute atomic E-state index is 13.6. The van der Waals surface area contributed by atoms with Crippen LogP contribution in [-0.4, -0.2) is 115 Å². The number of amides is 8. The molecule has 22 nitrogen and oxygen atoms in total. The Morgan fingerprint density at radius 2 is 1.06 bits per heavy atom. The molecule has 2 aromatic rings. The lowest BCUT2D eigenvalue weighted by molar-refractivity contribution is -0.129. The van der Waals surface area contributed by atoms with Crippen molar-refractivity contribution in [2.24, 2.45) is 44.4 Å². The summed E-state index contributed by atoms with van der Waals surface area (Å²) >= 11 is 5.44. The number of nitrogens with one attached hydrogen (secondary N) is 6. The van der Waals surface area contributed by atoms with Crippen LogP contribution in [0, 0.1) is 0 Å². The quantitative estimate of drug-likeness (QED) is 0.0180. The number of carbonyl (C=O) groups excluding carboxylic acids is 8. The van der Waals surface area contributed by atoms with Gasteiger partial charge in [-0.25, -0.2) is 0 Å². The second-order valence-electron chi connectivity index (χ2n) is 13.6. The highest BCUT2D eigenvalue weighted by molar-refractivity contribution is 7.98. The Morgan fingerprint density at radius 3 is 1.52 bits per heavy atom. The summed E-state index contributed by atoms with van der Waals surface area (Å²) < 4.78 is 0. The second kappa shape index (κ2) is 27.3. The summed E-state index contributed by atoms with van der Waals surface area (Å²) in [7, 11) is 0. The molecular weight excluding hydrogens is 845 g/mol. The third-order valence-corrected chi connectivity index (χ3v) is 10.1. The van der Waals surface area contributed by atoms with E-state index in [9.17, 15) is 38.4 Å². The van der Waals surface area contributed by atoms with Crippen LogP contribution in [-0.2, 0) is 40.3 Å². The van der Waals surface area contributed by atoms with Gasteiger partial charge >= 0.3 is 0 Å². The van der Waals surface area contributed by atoms with Crippen molar-refractivity contribution in [2.45, 2.75) is 68.3 Å². The van der Waals surface area contributed by atoms with Crippen molar-refractivity contribution in [3.63, 3.8) is 0 Å². The van der Waals surface area contributed by atoms with E-state index in [1.807, 2.05) is 0 Å². The van der Waals surface area contributed by atoms with E-state index in [4.69, 9.17) is 34.4 Å². The van der Waals surface area contributed by atoms with E-state index in [0.29, 0.717) is 23.1 Å². The molecule has 0 saturated carbocycles. The monoisotopic (exact) mass is 900 g/mol. The summed E-state index contributed by atoms with van der Waals surface area (Å²) in [6.45, 7) is 0.669. The van der Waals surface area contributed by atoms with Gasteiger partial charge in [0.1, 0.15) is 24.2 Å². The summed E-state index contributed by atoms with van der Waals surface area (Å²) in [6, 6.07) is 8.90. The number of thioether (sulfide) groups is 1. The highest BCUT2D eigenvalue weighted by Crippen LogP contribution is 2.18. The summed E-state index contributed by atoms with van der Waals surface area (Å²) in [5.41, 5.74) is 34.0. The van der Waals surface area contributed by atoms with Gasteiger partial charge in [-0.2, -0.15) is 24.4 Å². The fourth-order valence-electron chi connectivity index (χ4n) is 5.44. The van der Waals surface area contributed by atoms with Gasteiger partial charge in [-0.15, -0.1) is 0 Å². The van der Waals surface area contributed by atoms with Gasteiger partial charge in [0.25, 0.3) is 11.8 Å². The lowest BCUT2D eigenvalue weighted by atomic mass is 10.1. The molecule has 0 fully saturated rings. The van der Waals surface area contributed by atoms with Crippen LogP contribution in [0.4, 0.5) is 0 Å². The first kappa shape index (κ1) is 51.6. The third kappa shape index (κ3) is 19.2. The molecule has 0 unspecified atom stereocenters.